The number of phenolic OH excluding ortho intramolecular Hbond substituents is 1. The molecule has 0 atom stereocenters. The summed E-state index contributed by atoms with van der Waals surface area (Å²) in [6, 6.07) is 15.8. The van der Waals surface area contributed by atoms with Gasteiger partial charge in [-0.2, -0.15) is 0 Å². The van der Waals surface area contributed by atoms with Gasteiger partial charge < -0.3 is 10.2 Å². The molecule has 0 spiro atoms. The minimum absolute atomic E-state index is 0.113. The maximum Gasteiger partial charge on any atom is 0.335 e. The number of azo groups is 1. The Labute approximate surface area is 207 Å². The number of aromatic nitrogens is 2. The van der Waals surface area contributed by atoms with Crippen LogP contribution in [0.3, 0.4) is 0 Å². The first-order chi connectivity index (χ1) is 17.3. The van der Waals surface area contributed by atoms with E-state index in [-0.39, 0.29) is 28.2 Å². The van der Waals surface area contributed by atoms with Crippen molar-refractivity contribution in [1.29, 1.82) is 0 Å². The summed E-state index contributed by atoms with van der Waals surface area (Å²) in [5.41, 5.74) is 5.82. The van der Waals surface area contributed by atoms with E-state index in [1.54, 1.807) is 31.2 Å². The second kappa shape index (κ2) is 9.30. The first-order valence-electron chi connectivity index (χ1n) is 11.8. The minimum Gasteiger partial charge on any atom is -0.505 e. The summed E-state index contributed by atoms with van der Waals surface area (Å²) in [7, 11) is 0. The van der Waals surface area contributed by atoms with Crippen LogP contribution >= 0.6 is 0 Å². The topological polar surface area (TPSA) is 120 Å². The Kier molecular flexibility index (Phi) is 6.01. The third-order valence-corrected chi connectivity index (χ3v) is 6.54. The van der Waals surface area contributed by atoms with Gasteiger partial charge in [0.05, 0.1) is 16.9 Å². The van der Waals surface area contributed by atoms with Gasteiger partial charge >= 0.3 is 5.97 Å². The van der Waals surface area contributed by atoms with Crippen molar-refractivity contribution >= 4 is 17.3 Å². The molecule has 182 valence electrons. The van der Waals surface area contributed by atoms with Gasteiger partial charge in [-0.15, -0.1) is 10.2 Å². The summed E-state index contributed by atoms with van der Waals surface area (Å²) in [5, 5.41) is 31.7. The van der Waals surface area contributed by atoms with E-state index in [0.29, 0.717) is 16.8 Å². The smallest absolute Gasteiger partial charge is 0.335 e. The number of carboxylic acids is 1. The molecular weight excluding hydrogens is 456 g/mol. The molecule has 1 heterocycles. The van der Waals surface area contributed by atoms with Gasteiger partial charge in [-0.25, -0.2) is 9.48 Å². The summed E-state index contributed by atoms with van der Waals surface area (Å²) in [6.07, 6.45) is 4.42. The van der Waals surface area contributed by atoms with Crippen LogP contribution in [-0.2, 0) is 12.8 Å². The van der Waals surface area contributed by atoms with E-state index in [0.717, 1.165) is 30.5 Å². The van der Waals surface area contributed by atoms with Gasteiger partial charge in [0, 0.05) is 5.56 Å². The number of hydrogen-bond acceptors (Lipinski definition) is 5. The van der Waals surface area contributed by atoms with Crippen LogP contribution < -0.4 is 5.56 Å². The third kappa shape index (κ3) is 4.33. The number of nitrogens with zero attached hydrogens (tertiary/aromatic N) is 3. The Morgan fingerprint density at radius 1 is 0.972 bits per heavy atom. The van der Waals surface area contributed by atoms with Crippen molar-refractivity contribution in [2.75, 3.05) is 0 Å². The number of aryl methyl sites for hydroxylation is 4. The van der Waals surface area contributed by atoms with Gasteiger partial charge in [0.2, 0.25) is 0 Å². The molecule has 1 aromatic heterocycles. The highest BCUT2D eigenvalue weighted by molar-refractivity contribution is 5.90. The molecule has 1 aliphatic rings. The molecule has 36 heavy (non-hydrogen) atoms. The van der Waals surface area contributed by atoms with Crippen molar-refractivity contribution in [3.63, 3.8) is 0 Å². The van der Waals surface area contributed by atoms with Crippen molar-refractivity contribution in [1.82, 2.24) is 9.78 Å². The van der Waals surface area contributed by atoms with Gasteiger partial charge in [0.1, 0.15) is 5.69 Å². The molecule has 5 rings (SSSR count). The lowest BCUT2D eigenvalue weighted by atomic mass is 9.91. The molecular formula is C28H26N4O4. The number of benzene rings is 3. The number of H-pyrrole nitrogens is 1. The molecule has 1 aliphatic carbocycles. The van der Waals surface area contributed by atoms with Gasteiger partial charge in [-0.3, -0.25) is 9.89 Å². The highest BCUT2D eigenvalue weighted by Crippen LogP contribution is 2.39. The van der Waals surface area contributed by atoms with E-state index in [1.165, 1.54) is 34.4 Å². The summed E-state index contributed by atoms with van der Waals surface area (Å²) in [5.74, 6) is -1.20. The largest absolute Gasteiger partial charge is 0.505 e. The van der Waals surface area contributed by atoms with Gasteiger partial charge in [-0.05, 0) is 98.2 Å². The molecule has 0 unspecified atom stereocenters. The lowest BCUT2D eigenvalue weighted by Crippen LogP contribution is -2.15. The number of rotatable bonds is 5. The number of aromatic hydroxyl groups is 1. The Bertz CT molecular complexity index is 1580. The molecule has 0 saturated carbocycles. The van der Waals surface area contributed by atoms with E-state index in [2.05, 4.69) is 27.5 Å². The normalized spacial score (nSPS) is 13.2. The maximum absolute atomic E-state index is 13.2. The van der Waals surface area contributed by atoms with Crippen LogP contribution in [0, 0.1) is 13.8 Å². The number of aromatic carboxylic acids is 1. The predicted molar refractivity (Wildman–Crippen MR) is 137 cm³/mol. The van der Waals surface area contributed by atoms with Crippen LogP contribution in [0.1, 0.15) is 45.6 Å². The first-order valence-corrected chi connectivity index (χ1v) is 11.8. The highest BCUT2D eigenvalue weighted by Gasteiger charge is 2.17. The molecule has 8 nitrogen and oxygen atoms in total. The van der Waals surface area contributed by atoms with Crippen molar-refractivity contribution in [2.45, 2.75) is 39.5 Å². The molecule has 3 aromatic carbocycles. The monoisotopic (exact) mass is 482 g/mol. The predicted octanol–water partition coefficient (Wildman–Crippen LogP) is 6.15. The number of phenols is 1. The molecule has 3 N–H and O–H groups in total. The number of aromatic amines is 1. The molecule has 0 radical (unpaired) electrons. The van der Waals surface area contributed by atoms with E-state index in [9.17, 15) is 19.8 Å². The Morgan fingerprint density at radius 3 is 2.53 bits per heavy atom. The Hall–Kier alpha value is -4.46. The number of nitrogens with one attached hydrogen (secondary N) is 1. The Morgan fingerprint density at radius 2 is 1.75 bits per heavy atom. The van der Waals surface area contributed by atoms with Gasteiger partial charge in [0.15, 0.2) is 11.4 Å². The van der Waals surface area contributed by atoms with Crippen LogP contribution in [0.15, 0.2) is 69.6 Å². The second-order valence-electron chi connectivity index (χ2n) is 9.15. The van der Waals surface area contributed by atoms with Crippen molar-refractivity contribution in [3.05, 3.63) is 92.9 Å². The molecule has 8 heteroatoms. The second-order valence-corrected chi connectivity index (χ2v) is 9.15. The van der Waals surface area contributed by atoms with E-state index < -0.39 is 5.97 Å². The first kappa shape index (κ1) is 23.3. The van der Waals surface area contributed by atoms with Crippen molar-refractivity contribution in [3.8, 4) is 22.6 Å². The molecule has 0 amide bonds. The maximum atomic E-state index is 13.2. The van der Waals surface area contributed by atoms with Gasteiger partial charge in [-0.1, -0.05) is 18.2 Å². The van der Waals surface area contributed by atoms with Crippen LogP contribution in [0.2, 0.25) is 0 Å². The number of carboxylic acid groups (broad SMARTS) is 1. The van der Waals surface area contributed by atoms with E-state index in [4.69, 9.17) is 0 Å². The van der Waals surface area contributed by atoms with Crippen molar-refractivity contribution in [2.24, 2.45) is 10.2 Å². The zero-order chi connectivity index (χ0) is 25.4. The third-order valence-electron chi connectivity index (χ3n) is 6.54. The fraction of sp³-hybridized carbons (Fsp3) is 0.214. The lowest BCUT2D eigenvalue weighted by molar-refractivity contribution is 0.0697. The number of hydrogen-bond donors (Lipinski definition) is 3. The molecule has 0 saturated heterocycles. The Balaban J connectivity index is 1.51. The van der Waals surface area contributed by atoms with Gasteiger partial charge in [0.25, 0.3) is 5.56 Å². The zero-order valence-electron chi connectivity index (χ0n) is 20.1. The van der Waals surface area contributed by atoms with Crippen LogP contribution in [0.4, 0.5) is 11.4 Å². The fourth-order valence-corrected chi connectivity index (χ4v) is 4.68. The summed E-state index contributed by atoms with van der Waals surface area (Å²) in [4.78, 5) is 24.6. The molecule has 4 aromatic rings. The fourth-order valence-electron chi connectivity index (χ4n) is 4.68. The summed E-state index contributed by atoms with van der Waals surface area (Å²) < 4.78 is 1.47. The van der Waals surface area contributed by atoms with Crippen LogP contribution in [0.25, 0.3) is 16.8 Å². The molecule has 0 bridgehead atoms. The number of fused-ring (bicyclic) bond motifs is 1. The SMILES string of the molecule is Cc1cc(N=Nc2c(C)[nH]n(-c3ccc4c(c3)CCCC4)c2=O)c(O)c(-c2cccc(C(=O)O)c2)c1. The molecule has 0 fully saturated rings. The summed E-state index contributed by atoms with van der Waals surface area (Å²) in [6.45, 7) is 3.59. The average molecular weight is 483 g/mol. The summed E-state index contributed by atoms with van der Waals surface area (Å²) >= 11 is 0. The lowest BCUT2D eigenvalue weighted by Gasteiger charge is -2.16. The highest BCUT2D eigenvalue weighted by atomic mass is 16.4. The van der Waals surface area contributed by atoms with Crippen molar-refractivity contribution < 1.29 is 15.0 Å². The van der Waals surface area contributed by atoms with E-state index in [1.807, 2.05) is 13.0 Å². The average Bonchev–Trinajstić information content (AvgIpc) is 3.17. The number of carbonyl (C=O) groups is 1. The zero-order valence-corrected chi connectivity index (χ0v) is 20.1. The quantitative estimate of drug-likeness (QED) is 0.296. The van der Waals surface area contributed by atoms with Crippen LogP contribution in [0.5, 0.6) is 5.75 Å². The van der Waals surface area contributed by atoms with Crippen LogP contribution in [-0.4, -0.2) is 26.0 Å². The minimum atomic E-state index is -1.05. The standard InChI is InChI=1S/C28H26N4O4/c1-16-12-23(20-8-5-9-21(14-20)28(35)36)26(33)24(13-16)29-30-25-17(2)31-32(27(25)34)22-11-10-18-6-3-4-7-19(18)15-22/h5,8-15,31,33H,3-4,6-7H2,1-2H3,(H,35,36). The molecule has 0 aliphatic heterocycles. The van der Waals surface area contributed by atoms with E-state index >= 15 is 0 Å².